The van der Waals surface area contributed by atoms with Gasteiger partial charge in [0.15, 0.2) is 10.9 Å². The van der Waals surface area contributed by atoms with Gasteiger partial charge in [0.25, 0.3) is 0 Å². The van der Waals surface area contributed by atoms with E-state index in [9.17, 15) is 8.42 Å². The van der Waals surface area contributed by atoms with Gasteiger partial charge in [-0.25, -0.2) is 27.8 Å². The molecule has 1 saturated heterocycles. The maximum atomic E-state index is 15.6. The van der Waals surface area contributed by atoms with Crippen LogP contribution in [-0.2, 0) is 10.0 Å². The highest BCUT2D eigenvalue weighted by Crippen LogP contribution is 2.41. The largest absolute Gasteiger partial charge is 0.345 e. The van der Waals surface area contributed by atoms with E-state index in [-0.39, 0.29) is 22.3 Å². The molecule has 1 aromatic carbocycles. The lowest BCUT2D eigenvalue weighted by molar-refractivity contribution is 0.313. The van der Waals surface area contributed by atoms with E-state index in [4.69, 9.17) is 16.6 Å². The van der Waals surface area contributed by atoms with E-state index in [1.165, 1.54) is 23.6 Å². The summed E-state index contributed by atoms with van der Waals surface area (Å²) in [5.74, 6) is -0.778. The first-order valence-electron chi connectivity index (χ1n) is 10.5. The van der Waals surface area contributed by atoms with Gasteiger partial charge in [-0.1, -0.05) is 24.3 Å². The smallest absolute Gasteiger partial charge is 0.232 e. The van der Waals surface area contributed by atoms with Gasteiger partial charge in [0, 0.05) is 37.9 Å². The van der Waals surface area contributed by atoms with Gasteiger partial charge >= 0.3 is 0 Å². The molecule has 0 saturated carbocycles. The molecular weight excluding hydrogens is 487 g/mol. The van der Waals surface area contributed by atoms with Crippen LogP contribution < -0.4 is 9.62 Å². The van der Waals surface area contributed by atoms with Crippen LogP contribution in [-0.4, -0.2) is 67.2 Å². The third-order valence-corrected chi connectivity index (χ3v) is 8.04. The second-order valence-electron chi connectivity index (χ2n) is 7.76. The first kappa shape index (κ1) is 23.8. The van der Waals surface area contributed by atoms with Crippen LogP contribution in [0.25, 0.3) is 21.8 Å². The van der Waals surface area contributed by atoms with Gasteiger partial charge in [-0.2, -0.15) is 0 Å². The van der Waals surface area contributed by atoms with Crippen LogP contribution in [0.1, 0.15) is 13.3 Å². The van der Waals surface area contributed by atoms with Crippen molar-refractivity contribution in [2.45, 2.75) is 13.3 Å². The zero-order valence-electron chi connectivity index (χ0n) is 18.3. The fraction of sp³-hybridized carbons (Fsp3) is 0.381. The minimum Gasteiger partial charge on any atom is -0.345 e. The number of hydrogen-bond donors (Lipinski definition) is 1. The molecule has 2 aromatic heterocycles. The fourth-order valence-electron chi connectivity index (χ4n) is 3.54. The summed E-state index contributed by atoms with van der Waals surface area (Å²) >= 11 is 7.42. The maximum Gasteiger partial charge on any atom is 0.232 e. The molecule has 3 aromatic rings. The lowest BCUT2D eigenvalue weighted by Gasteiger charge is -2.32. The van der Waals surface area contributed by atoms with Gasteiger partial charge in [-0.3, -0.25) is 4.72 Å². The number of anilines is 2. The molecule has 33 heavy (non-hydrogen) atoms. The number of aromatic nitrogens is 3. The average molecular weight is 511 g/mol. The number of hydrogen-bond acceptors (Lipinski definition) is 8. The predicted molar refractivity (Wildman–Crippen MR) is 131 cm³/mol. The van der Waals surface area contributed by atoms with Crippen molar-refractivity contribution in [3.05, 3.63) is 41.6 Å². The van der Waals surface area contributed by atoms with Gasteiger partial charge < -0.3 is 9.80 Å². The second-order valence-corrected chi connectivity index (χ2v) is 10.9. The van der Waals surface area contributed by atoms with E-state index in [1.54, 1.807) is 25.1 Å². The Hall–Kier alpha value is -2.34. The van der Waals surface area contributed by atoms with E-state index in [0.717, 1.165) is 31.3 Å². The Labute approximate surface area is 201 Å². The minimum atomic E-state index is -3.65. The van der Waals surface area contributed by atoms with Crippen LogP contribution >= 0.6 is 22.9 Å². The van der Waals surface area contributed by atoms with Crippen LogP contribution in [0.3, 0.4) is 0 Å². The van der Waals surface area contributed by atoms with Crippen molar-refractivity contribution in [2.24, 2.45) is 0 Å². The normalized spacial score (nSPS) is 15.1. The summed E-state index contributed by atoms with van der Waals surface area (Å²) < 4.78 is 42.4. The zero-order chi connectivity index (χ0) is 23.6. The summed E-state index contributed by atoms with van der Waals surface area (Å²) in [5.41, 5.74) is 0.992. The molecule has 12 heteroatoms. The maximum absolute atomic E-state index is 15.6. The Morgan fingerprint density at radius 1 is 1.18 bits per heavy atom. The molecule has 1 aliphatic heterocycles. The number of halogens is 2. The third kappa shape index (κ3) is 5.43. The summed E-state index contributed by atoms with van der Waals surface area (Å²) in [6.45, 7) is 5.14. The molecule has 0 atom stereocenters. The monoisotopic (exact) mass is 510 g/mol. The van der Waals surface area contributed by atoms with Crippen molar-refractivity contribution in [3.8, 4) is 21.8 Å². The molecule has 1 N–H and O–H groups in total. The van der Waals surface area contributed by atoms with Crippen LogP contribution in [0.2, 0.25) is 5.28 Å². The van der Waals surface area contributed by atoms with Crippen molar-refractivity contribution in [2.75, 3.05) is 48.6 Å². The molecule has 0 unspecified atom stereocenters. The molecule has 3 heterocycles. The fourth-order valence-corrected chi connectivity index (χ4v) is 5.92. The highest BCUT2D eigenvalue weighted by atomic mass is 35.5. The lowest BCUT2D eigenvalue weighted by atomic mass is 10.1. The molecule has 0 aliphatic carbocycles. The highest BCUT2D eigenvalue weighted by Gasteiger charge is 2.25. The minimum absolute atomic E-state index is 0.0783. The molecule has 4 rings (SSSR count). The number of nitrogens with one attached hydrogen (secondary N) is 1. The van der Waals surface area contributed by atoms with Crippen LogP contribution in [0.4, 0.5) is 15.2 Å². The summed E-state index contributed by atoms with van der Waals surface area (Å²) in [5, 5.41) is 0.828. The van der Waals surface area contributed by atoms with Crippen molar-refractivity contribution in [1.29, 1.82) is 0 Å². The SMILES string of the molecule is CCCS(=O)(=O)Nc1cccc(-c2nc(N3CCN(C)CC3)sc2-c2ccnc(Cl)n2)c1F. The van der Waals surface area contributed by atoms with Crippen LogP contribution in [0.5, 0.6) is 0 Å². The first-order chi connectivity index (χ1) is 15.8. The third-order valence-electron chi connectivity index (χ3n) is 5.24. The Balaban J connectivity index is 1.80. The summed E-state index contributed by atoms with van der Waals surface area (Å²) in [4.78, 5) is 18.0. The Morgan fingerprint density at radius 3 is 2.64 bits per heavy atom. The van der Waals surface area contributed by atoms with E-state index in [1.807, 2.05) is 0 Å². The predicted octanol–water partition coefficient (Wildman–Crippen LogP) is 3.96. The number of likely N-dealkylation sites (N-methyl/N-ethyl adjacent to an activating group) is 1. The summed E-state index contributed by atoms with van der Waals surface area (Å²) in [6.07, 6.45) is 1.96. The number of rotatable bonds is 7. The molecule has 0 bridgehead atoms. The number of thiazole rings is 1. The summed E-state index contributed by atoms with van der Waals surface area (Å²) in [6, 6.07) is 6.29. The second kappa shape index (κ2) is 9.88. The molecule has 0 spiro atoms. The van der Waals surface area contributed by atoms with E-state index < -0.39 is 15.8 Å². The molecular formula is C21H24ClFN6O2S2. The van der Waals surface area contributed by atoms with Crippen LogP contribution in [0.15, 0.2) is 30.5 Å². The highest BCUT2D eigenvalue weighted by molar-refractivity contribution is 7.92. The molecule has 1 aliphatic rings. The van der Waals surface area contributed by atoms with Gasteiger partial charge in [0.1, 0.15) is 0 Å². The Bertz CT molecular complexity index is 1250. The lowest BCUT2D eigenvalue weighted by Crippen LogP contribution is -2.44. The van der Waals surface area contributed by atoms with Crippen molar-refractivity contribution < 1.29 is 12.8 Å². The van der Waals surface area contributed by atoms with E-state index in [2.05, 4.69) is 31.5 Å². The quantitative estimate of drug-likeness (QED) is 0.481. The van der Waals surface area contributed by atoms with Gasteiger partial charge in [-0.15, -0.1) is 0 Å². The van der Waals surface area contributed by atoms with Crippen LogP contribution in [0, 0.1) is 5.82 Å². The number of sulfonamides is 1. The molecule has 0 radical (unpaired) electrons. The number of nitrogens with zero attached hydrogens (tertiary/aromatic N) is 5. The van der Waals surface area contributed by atoms with Crippen molar-refractivity contribution >= 4 is 43.8 Å². The number of benzene rings is 1. The molecule has 176 valence electrons. The standard InChI is InChI=1S/C21H24ClFN6O2S2/c1-3-13-33(30,31)27-15-6-4-5-14(17(15)23)18-19(16-7-8-24-20(22)25-16)32-21(26-18)29-11-9-28(2)10-12-29/h4-8,27H,3,9-13H2,1-2H3. The summed E-state index contributed by atoms with van der Waals surface area (Å²) in [7, 11) is -1.58. The van der Waals surface area contributed by atoms with Gasteiger partial charge in [0.2, 0.25) is 15.3 Å². The molecule has 8 nitrogen and oxygen atoms in total. The van der Waals surface area contributed by atoms with Gasteiger partial charge in [-0.05, 0) is 43.3 Å². The number of piperazine rings is 1. The van der Waals surface area contributed by atoms with E-state index in [0.29, 0.717) is 22.7 Å². The zero-order valence-corrected chi connectivity index (χ0v) is 20.6. The Kier molecular flexibility index (Phi) is 7.13. The average Bonchev–Trinajstić information content (AvgIpc) is 3.21. The first-order valence-corrected chi connectivity index (χ1v) is 13.3. The van der Waals surface area contributed by atoms with Crippen molar-refractivity contribution in [1.82, 2.24) is 19.9 Å². The van der Waals surface area contributed by atoms with Gasteiger partial charge in [0.05, 0.1) is 27.7 Å². The topological polar surface area (TPSA) is 91.3 Å². The molecule has 0 amide bonds. The Morgan fingerprint density at radius 2 is 1.94 bits per heavy atom. The molecule has 1 fully saturated rings. The van der Waals surface area contributed by atoms with E-state index >= 15 is 4.39 Å². The van der Waals surface area contributed by atoms with Crippen molar-refractivity contribution in [3.63, 3.8) is 0 Å².